The third-order valence-electron chi connectivity index (χ3n) is 5.82. The van der Waals surface area contributed by atoms with Crippen molar-refractivity contribution in [2.24, 2.45) is 0 Å². The van der Waals surface area contributed by atoms with Crippen LogP contribution in [0.3, 0.4) is 0 Å². The number of carbonyl (C=O) groups is 2. The molecule has 1 aliphatic heterocycles. The van der Waals surface area contributed by atoms with Crippen LogP contribution in [0.1, 0.15) is 38.8 Å². The van der Waals surface area contributed by atoms with Gasteiger partial charge in [0, 0.05) is 18.7 Å². The second kappa shape index (κ2) is 11.0. The Hall–Kier alpha value is -3.27. The zero-order valence-electron chi connectivity index (χ0n) is 20.8. The van der Waals surface area contributed by atoms with E-state index < -0.39 is 28.5 Å². The van der Waals surface area contributed by atoms with Gasteiger partial charge in [-0.05, 0) is 57.9 Å². The number of fused-ring (bicyclic) bond motifs is 1. The number of hydrogen-bond donors (Lipinski definition) is 1. The second-order valence-corrected chi connectivity index (χ2v) is 10.9. The van der Waals surface area contributed by atoms with Crippen molar-refractivity contribution in [3.8, 4) is 11.5 Å². The average molecular weight is 504 g/mol. The van der Waals surface area contributed by atoms with Gasteiger partial charge in [-0.15, -0.1) is 0 Å². The molecule has 1 unspecified atom stereocenters. The van der Waals surface area contributed by atoms with Crippen LogP contribution < -0.4 is 19.1 Å². The van der Waals surface area contributed by atoms with E-state index in [0.29, 0.717) is 17.2 Å². The van der Waals surface area contributed by atoms with Crippen molar-refractivity contribution in [3.05, 3.63) is 53.6 Å². The van der Waals surface area contributed by atoms with Crippen LogP contribution in [0, 0.1) is 6.92 Å². The Morgan fingerprint density at radius 3 is 2.40 bits per heavy atom. The van der Waals surface area contributed by atoms with Crippen molar-refractivity contribution in [2.75, 3.05) is 23.4 Å². The molecule has 1 heterocycles. The minimum Gasteiger partial charge on any atom is -0.454 e. The van der Waals surface area contributed by atoms with Crippen LogP contribution in [0.15, 0.2) is 42.5 Å². The Morgan fingerprint density at radius 2 is 1.74 bits per heavy atom. The van der Waals surface area contributed by atoms with Gasteiger partial charge in [0.05, 0.1) is 11.4 Å². The van der Waals surface area contributed by atoms with Crippen molar-refractivity contribution in [3.63, 3.8) is 0 Å². The number of nitrogens with one attached hydrogen (secondary N) is 1. The molecule has 3 rings (SSSR count). The van der Waals surface area contributed by atoms with Crippen molar-refractivity contribution in [2.45, 2.75) is 53.2 Å². The molecule has 2 aromatic carbocycles. The third kappa shape index (κ3) is 6.25. The van der Waals surface area contributed by atoms with E-state index >= 15 is 0 Å². The van der Waals surface area contributed by atoms with Gasteiger partial charge >= 0.3 is 0 Å². The topological polar surface area (TPSA) is 105 Å². The van der Waals surface area contributed by atoms with E-state index in [-0.39, 0.29) is 31.0 Å². The van der Waals surface area contributed by atoms with Crippen LogP contribution in [0.5, 0.6) is 11.5 Å². The molecule has 1 N–H and O–H groups in total. The van der Waals surface area contributed by atoms with Crippen molar-refractivity contribution >= 4 is 27.5 Å². The molecule has 0 radical (unpaired) electrons. The SMILES string of the molecule is CCS(=O)(=O)N(CC(=O)N(Cc1ccccc1C)C(C)C(=O)NC(C)C)c1ccc2c(c1)OCO2. The number of amides is 2. The van der Waals surface area contributed by atoms with E-state index in [9.17, 15) is 18.0 Å². The molecule has 0 bridgehead atoms. The summed E-state index contributed by atoms with van der Waals surface area (Å²) in [5, 5.41) is 2.84. The fourth-order valence-corrected chi connectivity index (χ4v) is 4.77. The number of anilines is 1. The van der Waals surface area contributed by atoms with E-state index in [1.807, 2.05) is 45.0 Å². The van der Waals surface area contributed by atoms with Gasteiger partial charge in [-0.25, -0.2) is 8.42 Å². The maximum atomic E-state index is 13.7. The first-order valence-electron chi connectivity index (χ1n) is 11.6. The van der Waals surface area contributed by atoms with Gasteiger partial charge in [0.1, 0.15) is 12.6 Å². The van der Waals surface area contributed by atoms with Gasteiger partial charge in [-0.1, -0.05) is 24.3 Å². The van der Waals surface area contributed by atoms with Crippen molar-refractivity contribution in [1.29, 1.82) is 0 Å². The van der Waals surface area contributed by atoms with Gasteiger partial charge in [0.2, 0.25) is 28.6 Å². The molecule has 0 aromatic heterocycles. The summed E-state index contributed by atoms with van der Waals surface area (Å²) in [6, 6.07) is 11.4. The van der Waals surface area contributed by atoms with E-state index in [1.54, 1.807) is 25.1 Å². The van der Waals surface area contributed by atoms with Crippen LogP contribution >= 0.6 is 0 Å². The molecule has 0 saturated carbocycles. The predicted molar refractivity (Wildman–Crippen MR) is 134 cm³/mol. The van der Waals surface area contributed by atoms with Crippen LogP contribution in [-0.4, -0.2) is 56.3 Å². The van der Waals surface area contributed by atoms with Crippen molar-refractivity contribution < 1.29 is 27.5 Å². The average Bonchev–Trinajstić information content (AvgIpc) is 3.28. The summed E-state index contributed by atoms with van der Waals surface area (Å²) in [6.07, 6.45) is 0. The lowest BCUT2D eigenvalue weighted by atomic mass is 10.1. The Kier molecular flexibility index (Phi) is 8.26. The molecule has 0 spiro atoms. The molecule has 2 aromatic rings. The van der Waals surface area contributed by atoms with Gasteiger partial charge in [0.15, 0.2) is 11.5 Å². The number of carbonyl (C=O) groups excluding carboxylic acids is 2. The van der Waals surface area contributed by atoms with Gasteiger partial charge in [-0.3, -0.25) is 13.9 Å². The first kappa shape index (κ1) is 26.3. The highest BCUT2D eigenvalue weighted by Gasteiger charge is 2.32. The number of sulfonamides is 1. The summed E-state index contributed by atoms with van der Waals surface area (Å²) in [7, 11) is -3.82. The fourth-order valence-electron chi connectivity index (χ4n) is 3.72. The molecule has 190 valence electrons. The lowest BCUT2D eigenvalue weighted by Crippen LogP contribution is -2.52. The third-order valence-corrected chi connectivity index (χ3v) is 7.56. The lowest BCUT2D eigenvalue weighted by Gasteiger charge is -2.32. The molecule has 9 nitrogen and oxygen atoms in total. The largest absolute Gasteiger partial charge is 0.454 e. The van der Waals surface area contributed by atoms with Crippen LogP contribution in [0.25, 0.3) is 0 Å². The van der Waals surface area contributed by atoms with E-state index in [2.05, 4.69) is 5.32 Å². The molecule has 1 atom stereocenters. The first-order valence-corrected chi connectivity index (χ1v) is 13.2. The number of nitrogens with zero attached hydrogens (tertiary/aromatic N) is 2. The maximum absolute atomic E-state index is 13.7. The predicted octanol–water partition coefficient (Wildman–Crippen LogP) is 2.82. The van der Waals surface area contributed by atoms with Crippen LogP contribution in [0.2, 0.25) is 0 Å². The normalized spacial score (nSPS) is 13.4. The molecular weight excluding hydrogens is 470 g/mol. The summed E-state index contributed by atoms with van der Waals surface area (Å²) in [5.74, 6) is -0.0818. The van der Waals surface area contributed by atoms with Crippen LogP contribution in [0.4, 0.5) is 5.69 Å². The molecule has 0 saturated heterocycles. The standard InChI is InChI=1S/C25H33N3O6S/c1-6-35(31,32)28(21-11-12-22-23(13-21)34-16-33-22)15-24(29)27(19(5)25(30)26-17(2)3)14-20-10-8-7-9-18(20)4/h7-13,17,19H,6,14-16H2,1-5H3,(H,26,30). The smallest absolute Gasteiger partial charge is 0.244 e. The summed E-state index contributed by atoms with van der Waals surface area (Å²) in [6.45, 7) is 8.53. The van der Waals surface area contributed by atoms with E-state index in [0.717, 1.165) is 15.4 Å². The summed E-state index contributed by atoms with van der Waals surface area (Å²) < 4.78 is 37.8. The molecule has 35 heavy (non-hydrogen) atoms. The molecule has 2 amide bonds. The number of benzene rings is 2. The minimum atomic E-state index is -3.82. The molecule has 1 aliphatic rings. The molecule has 0 aliphatic carbocycles. The highest BCUT2D eigenvalue weighted by molar-refractivity contribution is 7.92. The Balaban J connectivity index is 1.95. The Morgan fingerprint density at radius 1 is 1.06 bits per heavy atom. The Bertz CT molecular complexity index is 1180. The van der Waals surface area contributed by atoms with Crippen LogP contribution in [-0.2, 0) is 26.2 Å². The monoisotopic (exact) mass is 503 g/mol. The zero-order valence-corrected chi connectivity index (χ0v) is 21.6. The molecule has 0 fully saturated rings. The number of rotatable bonds is 10. The lowest BCUT2D eigenvalue weighted by molar-refractivity contribution is -0.139. The maximum Gasteiger partial charge on any atom is 0.244 e. The fraction of sp³-hybridized carbons (Fsp3) is 0.440. The molecular formula is C25H33N3O6S. The number of ether oxygens (including phenoxy) is 2. The van der Waals surface area contributed by atoms with E-state index in [4.69, 9.17) is 9.47 Å². The second-order valence-electron chi connectivity index (χ2n) is 8.73. The zero-order chi connectivity index (χ0) is 25.8. The Labute approximate surface area is 207 Å². The van der Waals surface area contributed by atoms with Gasteiger partial charge in [-0.2, -0.15) is 0 Å². The summed E-state index contributed by atoms with van der Waals surface area (Å²) in [4.78, 5) is 27.9. The van der Waals surface area contributed by atoms with Gasteiger partial charge in [0.25, 0.3) is 0 Å². The number of hydrogen-bond acceptors (Lipinski definition) is 6. The summed E-state index contributed by atoms with van der Waals surface area (Å²) >= 11 is 0. The minimum absolute atomic E-state index is 0.0466. The first-order chi connectivity index (χ1) is 16.5. The summed E-state index contributed by atoms with van der Waals surface area (Å²) in [5.41, 5.74) is 2.13. The van der Waals surface area contributed by atoms with Crippen molar-refractivity contribution in [1.82, 2.24) is 10.2 Å². The van der Waals surface area contributed by atoms with E-state index in [1.165, 1.54) is 11.8 Å². The quantitative estimate of drug-likeness (QED) is 0.535. The highest BCUT2D eigenvalue weighted by atomic mass is 32.2. The highest BCUT2D eigenvalue weighted by Crippen LogP contribution is 2.36. The van der Waals surface area contributed by atoms with Gasteiger partial charge < -0.3 is 19.7 Å². The molecule has 10 heteroatoms. The number of aryl methyl sites for hydroxylation is 1.